The van der Waals surface area contributed by atoms with Gasteiger partial charge in [-0.3, -0.25) is 0 Å². The van der Waals surface area contributed by atoms with Gasteiger partial charge < -0.3 is 9.88 Å². The topological polar surface area (TPSA) is 55.6 Å². The molecule has 0 saturated carbocycles. The second kappa shape index (κ2) is 5.94. The number of benzene rings is 1. The second-order valence-corrected chi connectivity index (χ2v) is 5.86. The third-order valence-electron chi connectivity index (χ3n) is 3.78. The Bertz CT molecular complexity index is 1020. The molecule has 0 atom stereocenters. The monoisotopic (exact) mass is 335 g/mol. The van der Waals surface area contributed by atoms with Gasteiger partial charge in [-0.05, 0) is 36.4 Å². The predicted octanol–water partition coefficient (Wildman–Crippen LogP) is 4.43. The van der Waals surface area contributed by atoms with Crippen molar-refractivity contribution in [1.82, 2.24) is 19.5 Å². The highest BCUT2D eigenvalue weighted by Gasteiger charge is 2.09. The Morgan fingerprint density at radius 2 is 1.92 bits per heavy atom. The van der Waals surface area contributed by atoms with Gasteiger partial charge >= 0.3 is 0 Å². The van der Waals surface area contributed by atoms with E-state index in [1.54, 1.807) is 12.4 Å². The van der Waals surface area contributed by atoms with Crippen molar-refractivity contribution < 1.29 is 0 Å². The molecule has 6 heteroatoms. The van der Waals surface area contributed by atoms with Crippen molar-refractivity contribution in [2.75, 3.05) is 5.32 Å². The number of anilines is 2. The third kappa shape index (κ3) is 2.70. The molecule has 1 N–H and O–H groups in total. The summed E-state index contributed by atoms with van der Waals surface area (Å²) in [6.07, 6.45) is 5.53. The highest BCUT2D eigenvalue weighted by atomic mass is 35.5. The van der Waals surface area contributed by atoms with Crippen LogP contribution in [-0.4, -0.2) is 19.5 Å². The lowest BCUT2D eigenvalue weighted by Gasteiger charge is -2.08. The van der Waals surface area contributed by atoms with E-state index in [-0.39, 0.29) is 0 Å². The summed E-state index contributed by atoms with van der Waals surface area (Å²) in [4.78, 5) is 13.3. The van der Waals surface area contributed by atoms with Gasteiger partial charge in [0, 0.05) is 47.3 Å². The lowest BCUT2D eigenvalue weighted by Crippen LogP contribution is -1.98. The maximum Gasteiger partial charge on any atom is 0.227 e. The summed E-state index contributed by atoms with van der Waals surface area (Å²) in [5, 5.41) is 4.91. The molecule has 0 aliphatic rings. The predicted molar refractivity (Wildman–Crippen MR) is 96.5 cm³/mol. The summed E-state index contributed by atoms with van der Waals surface area (Å²) in [5.74, 6) is 0.524. The molecule has 0 aliphatic heterocycles. The van der Waals surface area contributed by atoms with Gasteiger partial charge in [-0.2, -0.15) is 0 Å². The first kappa shape index (κ1) is 14.7. The summed E-state index contributed by atoms with van der Waals surface area (Å²) in [5.41, 5.74) is 3.64. The van der Waals surface area contributed by atoms with Crippen LogP contribution in [0.25, 0.3) is 22.3 Å². The van der Waals surface area contributed by atoms with Crippen molar-refractivity contribution in [2.24, 2.45) is 7.05 Å². The fraction of sp³-hybridized carbons (Fsp3) is 0.0556. The van der Waals surface area contributed by atoms with Crippen molar-refractivity contribution >= 4 is 34.3 Å². The first-order chi connectivity index (χ1) is 11.7. The van der Waals surface area contributed by atoms with Crippen LogP contribution < -0.4 is 5.32 Å². The number of nitrogens with one attached hydrogen (secondary N) is 1. The summed E-state index contributed by atoms with van der Waals surface area (Å²) in [6, 6.07) is 13.4. The summed E-state index contributed by atoms with van der Waals surface area (Å²) in [7, 11) is 1.98. The molecule has 0 spiro atoms. The number of pyridine rings is 1. The largest absolute Gasteiger partial charge is 0.336 e. The number of hydrogen-bond acceptors (Lipinski definition) is 4. The molecule has 0 bridgehead atoms. The molecule has 0 amide bonds. The second-order valence-electron chi connectivity index (χ2n) is 5.42. The molecule has 4 rings (SSSR count). The Labute approximate surface area is 144 Å². The molecule has 24 heavy (non-hydrogen) atoms. The van der Waals surface area contributed by atoms with Crippen molar-refractivity contribution in [1.29, 1.82) is 0 Å². The summed E-state index contributed by atoms with van der Waals surface area (Å²) >= 11 is 6.02. The quantitative estimate of drug-likeness (QED) is 0.602. The highest BCUT2D eigenvalue weighted by Crippen LogP contribution is 2.27. The van der Waals surface area contributed by atoms with E-state index in [9.17, 15) is 0 Å². The number of aryl methyl sites for hydroxylation is 1. The normalized spacial score (nSPS) is 10.9. The van der Waals surface area contributed by atoms with Crippen LogP contribution in [0.1, 0.15) is 0 Å². The molecule has 0 saturated heterocycles. The van der Waals surface area contributed by atoms with Crippen LogP contribution in [0.5, 0.6) is 0 Å². The molecule has 118 valence electrons. The average Bonchev–Trinajstić information content (AvgIpc) is 2.97. The van der Waals surface area contributed by atoms with Gasteiger partial charge in [-0.1, -0.05) is 17.7 Å². The minimum absolute atomic E-state index is 0.524. The zero-order chi connectivity index (χ0) is 16.5. The van der Waals surface area contributed by atoms with Gasteiger partial charge in [-0.25, -0.2) is 15.0 Å². The standard InChI is InChI=1S/C18H14ClN5/c1-24-10-7-15-14(5-8-20-17(15)24)16-6-9-21-18(23-16)22-13-4-2-3-12(19)11-13/h2-11H,1H3,(H,21,22,23). The van der Waals surface area contributed by atoms with Crippen LogP contribution in [0.4, 0.5) is 11.6 Å². The number of rotatable bonds is 3. The van der Waals surface area contributed by atoms with E-state index in [4.69, 9.17) is 11.6 Å². The minimum atomic E-state index is 0.524. The Kier molecular flexibility index (Phi) is 3.63. The van der Waals surface area contributed by atoms with Crippen LogP contribution in [0.2, 0.25) is 5.02 Å². The van der Waals surface area contributed by atoms with Crippen LogP contribution in [0.3, 0.4) is 0 Å². The van der Waals surface area contributed by atoms with E-state index in [1.807, 2.05) is 60.3 Å². The Hall–Kier alpha value is -2.92. The number of aromatic nitrogens is 4. The molecule has 0 unspecified atom stereocenters. The molecular formula is C18H14ClN5. The van der Waals surface area contributed by atoms with Crippen molar-refractivity contribution in [3.05, 3.63) is 66.1 Å². The smallest absolute Gasteiger partial charge is 0.227 e. The van der Waals surface area contributed by atoms with Gasteiger partial charge in [0.05, 0.1) is 5.69 Å². The van der Waals surface area contributed by atoms with Crippen molar-refractivity contribution in [3.8, 4) is 11.3 Å². The average molecular weight is 336 g/mol. The van der Waals surface area contributed by atoms with Crippen LogP contribution in [-0.2, 0) is 7.05 Å². The van der Waals surface area contributed by atoms with E-state index in [0.717, 1.165) is 28.0 Å². The fourth-order valence-corrected chi connectivity index (χ4v) is 2.84. The van der Waals surface area contributed by atoms with E-state index in [2.05, 4.69) is 20.3 Å². The van der Waals surface area contributed by atoms with E-state index in [0.29, 0.717) is 11.0 Å². The molecule has 3 aromatic heterocycles. The lowest BCUT2D eigenvalue weighted by molar-refractivity contribution is 0.948. The molecule has 0 aliphatic carbocycles. The van der Waals surface area contributed by atoms with Gasteiger partial charge in [0.1, 0.15) is 5.65 Å². The number of halogens is 1. The van der Waals surface area contributed by atoms with E-state index < -0.39 is 0 Å². The summed E-state index contributed by atoms with van der Waals surface area (Å²) in [6.45, 7) is 0. The minimum Gasteiger partial charge on any atom is -0.336 e. The SMILES string of the molecule is Cn1ccc2c(-c3ccnc(Nc4cccc(Cl)c4)n3)ccnc21. The molecule has 4 aromatic rings. The van der Waals surface area contributed by atoms with E-state index >= 15 is 0 Å². The van der Waals surface area contributed by atoms with Crippen molar-refractivity contribution in [2.45, 2.75) is 0 Å². The molecule has 0 fully saturated rings. The molecule has 3 heterocycles. The van der Waals surface area contributed by atoms with Crippen molar-refractivity contribution in [3.63, 3.8) is 0 Å². The van der Waals surface area contributed by atoms with Crippen LogP contribution in [0, 0.1) is 0 Å². The molecule has 5 nitrogen and oxygen atoms in total. The Morgan fingerprint density at radius 1 is 1.04 bits per heavy atom. The number of hydrogen-bond donors (Lipinski definition) is 1. The number of fused-ring (bicyclic) bond motifs is 1. The maximum absolute atomic E-state index is 6.02. The fourth-order valence-electron chi connectivity index (χ4n) is 2.65. The van der Waals surface area contributed by atoms with Crippen LogP contribution >= 0.6 is 11.6 Å². The molecule has 1 aromatic carbocycles. The van der Waals surface area contributed by atoms with Gasteiger partial charge in [0.2, 0.25) is 5.95 Å². The number of nitrogens with zero attached hydrogens (tertiary/aromatic N) is 4. The highest BCUT2D eigenvalue weighted by molar-refractivity contribution is 6.30. The van der Waals surface area contributed by atoms with Gasteiger partial charge in [0.25, 0.3) is 0 Å². The van der Waals surface area contributed by atoms with Gasteiger partial charge in [0.15, 0.2) is 0 Å². The Morgan fingerprint density at radius 3 is 2.79 bits per heavy atom. The lowest BCUT2D eigenvalue weighted by atomic mass is 10.1. The molecular weight excluding hydrogens is 322 g/mol. The summed E-state index contributed by atoms with van der Waals surface area (Å²) < 4.78 is 1.99. The third-order valence-corrected chi connectivity index (χ3v) is 4.02. The first-order valence-corrected chi connectivity index (χ1v) is 7.84. The molecule has 0 radical (unpaired) electrons. The maximum atomic E-state index is 6.02. The van der Waals surface area contributed by atoms with E-state index in [1.165, 1.54) is 0 Å². The van der Waals surface area contributed by atoms with Crippen LogP contribution in [0.15, 0.2) is 61.1 Å². The first-order valence-electron chi connectivity index (χ1n) is 7.47. The zero-order valence-corrected chi connectivity index (χ0v) is 13.7. The van der Waals surface area contributed by atoms with Gasteiger partial charge in [-0.15, -0.1) is 0 Å². The zero-order valence-electron chi connectivity index (χ0n) is 12.9. The Balaban J connectivity index is 1.74.